The minimum absolute atomic E-state index is 0.344. The summed E-state index contributed by atoms with van der Waals surface area (Å²) in [6, 6.07) is 0. The third kappa shape index (κ3) is 1.77. The van der Waals surface area contributed by atoms with Crippen LogP contribution in [-0.4, -0.2) is 5.78 Å². The lowest BCUT2D eigenvalue weighted by atomic mass is 9.81. The molecule has 2 aliphatic carbocycles. The maximum Gasteiger partial charge on any atom is 0.129 e. The number of rotatable bonds is 4. The highest BCUT2D eigenvalue weighted by Crippen LogP contribution is 2.49. The normalized spacial score (nSPS) is 39.3. The molecule has 14 heavy (non-hydrogen) atoms. The molecule has 1 saturated carbocycles. The summed E-state index contributed by atoms with van der Waals surface area (Å²) in [5, 5.41) is 0. The molecule has 0 heterocycles. The average molecular weight is 192 g/mol. The second-order valence-corrected chi connectivity index (χ2v) is 5.07. The first-order chi connectivity index (χ1) is 6.68. The lowest BCUT2D eigenvalue weighted by Crippen LogP contribution is -2.16. The zero-order valence-corrected chi connectivity index (χ0v) is 9.20. The Balaban J connectivity index is 1.81. The van der Waals surface area contributed by atoms with Gasteiger partial charge in [0.15, 0.2) is 0 Å². The Hall–Kier alpha value is -0.590. The first kappa shape index (κ1) is 9.95. The monoisotopic (exact) mass is 192 g/mol. The van der Waals surface area contributed by atoms with Gasteiger partial charge in [-0.15, -0.1) is 0 Å². The van der Waals surface area contributed by atoms with Crippen molar-refractivity contribution < 1.29 is 4.79 Å². The van der Waals surface area contributed by atoms with Crippen molar-refractivity contribution in [3.63, 3.8) is 0 Å². The van der Waals surface area contributed by atoms with E-state index in [0.717, 1.165) is 36.5 Å². The standard InChI is InChI=1S/C13H20O/c1-9(14)4-3-5-13-10(2)11-6-7-12(13)8-11/h6-7,10-13H,3-5,8H2,1-2H3. The summed E-state index contributed by atoms with van der Waals surface area (Å²) in [4.78, 5) is 10.8. The van der Waals surface area contributed by atoms with Gasteiger partial charge in [-0.2, -0.15) is 0 Å². The fourth-order valence-electron chi connectivity index (χ4n) is 3.24. The molecule has 4 atom stereocenters. The molecule has 0 aromatic rings. The molecule has 1 fully saturated rings. The average Bonchev–Trinajstić information content (AvgIpc) is 2.68. The van der Waals surface area contributed by atoms with Crippen LogP contribution >= 0.6 is 0 Å². The van der Waals surface area contributed by atoms with Crippen LogP contribution in [0.2, 0.25) is 0 Å². The Morgan fingerprint density at radius 2 is 2.07 bits per heavy atom. The minimum Gasteiger partial charge on any atom is -0.300 e. The quantitative estimate of drug-likeness (QED) is 0.625. The van der Waals surface area contributed by atoms with Crippen molar-refractivity contribution in [2.75, 3.05) is 0 Å². The number of allylic oxidation sites excluding steroid dienone is 2. The predicted molar refractivity (Wildman–Crippen MR) is 57.9 cm³/mol. The summed E-state index contributed by atoms with van der Waals surface area (Å²) in [6.07, 6.45) is 9.32. The van der Waals surface area contributed by atoms with Gasteiger partial charge >= 0.3 is 0 Å². The molecule has 0 saturated heterocycles. The zero-order valence-electron chi connectivity index (χ0n) is 9.20. The first-order valence-electron chi connectivity index (χ1n) is 5.86. The molecule has 0 N–H and O–H groups in total. The number of hydrogen-bond acceptors (Lipinski definition) is 1. The Labute approximate surface area is 86.6 Å². The van der Waals surface area contributed by atoms with E-state index >= 15 is 0 Å². The smallest absolute Gasteiger partial charge is 0.129 e. The van der Waals surface area contributed by atoms with Gasteiger partial charge < -0.3 is 4.79 Å². The van der Waals surface area contributed by atoms with Gasteiger partial charge in [0, 0.05) is 6.42 Å². The van der Waals surface area contributed by atoms with Crippen molar-refractivity contribution in [1.29, 1.82) is 0 Å². The van der Waals surface area contributed by atoms with Gasteiger partial charge in [-0.05, 0) is 49.9 Å². The van der Waals surface area contributed by atoms with Crippen molar-refractivity contribution in [2.45, 2.75) is 39.5 Å². The Bertz CT molecular complexity index is 254. The molecule has 1 heteroatoms. The SMILES string of the molecule is CC(=O)CCCC1C2C=CC(C2)C1C. The van der Waals surface area contributed by atoms with Crippen LogP contribution in [0.1, 0.15) is 39.5 Å². The van der Waals surface area contributed by atoms with Crippen LogP contribution in [-0.2, 0) is 4.79 Å². The fourth-order valence-corrected chi connectivity index (χ4v) is 3.24. The van der Waals surface area contributed by atoms with Crippen LogP contribution in [0.25, 0.3) is 0 Å². The Morgan fingerprint density at radius 1 is 1.36 bits per heavy atom. The largest absolute Gasteiger partial charge is 0.300 e. The number of carbonyl (C=O) groups excluding carboxylic acids is 1. The van der Waals surface area contributed by atoms with E-state index < -0.39 is 0 Å². The van der Waals surface area contributed by atoms with Gasteiger partial charge in [-0.1, -0.05) is 19.1 Å². The lowest BCUT2D eigenvalue weighted by Gasteiger charge is -2.24. The van der Waals surface area contributed by atoms with E-state index in [4.69, 9.17) is 0 Å². The van der Waals surface area contributed by atoms with Crippen LogP contribution in [0.4, 0.5) is 0 Å². The molecule has 4 unspecified atom stereocenters. The highest BCUT2D eigenvalue weighted by atomic mass is 16.1. The van der Waals surface area contributed by atoms with Crippen LogP contribution in [0.3, 0.4) is 0 Å². The third-order valence-corrected chi connectivity index (χ3v) is 4.12. The number of Topliss-reactive ketones (excluding diaryl/α,β-unsaturated/α-hetero) is 1. The number of hydrogen-bond donors (Lipinski definition) is 0. The van der Waals surface area contributed by atoms with Crippen molar-refractivity contribution in [3.8, 4) is 0 Å². The second kappa shape index (κ2) is 3.88. The van der Waals surface area contributed by atoms with E-state index in [1.54, 1.807) is 6.92 Å². The summed E-state index contributed by atoms with van der Waals surface area (Å²) < 4.78 is 0. The van der Waals surface area contributed by atoms with Gasteiger partial charge in [0.25, 0.3) is 0 Å². The molecule has 0 amide bonds. The Morgan fingerprint density at radius 3 is 2.64 bits per heavy atom. The van der Waals surface area contributed by atoms with Crippen molar-refractivity contribution in [1.82, 2.24) is 0 Å². The van der Waals surface area contributed by atoms with Gasteiger partial charge in [0.1, 0.15) is 5.78 Å². The molecule has 0 aromatic carbocycles. The predicted octanol–water partition coefficient (Wildman–Crippen LogP) is 3.20. The summed E-state index contributed by atoms with van der Waals surface area (Å²) in [5.41, 5.74) is 0. The molecule has 78 valence electrons. The molecule has 2 aliphatic rings. The van der Waals surface area contributed by atoms with E-state index in [1.165, 1.54) is 12.8 Å². The van der Waals surface area contributed by atoms with Gasteiger partial charge in [0.05, 0.1) is 0 Å². The highest BCUT2D eigenvalue weighted by molar-refractivity contribution is 5.75. The minimum atomic E-state index is 0.344. The topological polar surface area (TPSA) is 17.1 Å². The number of ketones is 1. The third-order valence-electron chi connectivity index (χ3n) is 4.12. The lowest BCUT2D eigenvalue weighted by molar-refractivity contribution is -0.117. The summed E-state index contributed by atoms with van der Waals surface area (Å²) in [5.74, 6) is 3.75. The van der Waals surface area contributed by atoms with Crippen molar-refractivity contribution in [2.24, 2.45) is 23.7 Å². The summed E-state index contributed by atoms with van der Waals surface area (Å²) in [6.45, 7) is 4.08. The first-order valence-corrected chi connectivity index (χ1v) is 5.86. The number of fused-ring (bicyclic) bond motifs is 2. The van der Waals surface area contributed by atoms with Crippen LogP contribution < -0.4 is 0 Å². The maximum absolute atomic E-state index is 10.8. The van der Waals surface area contributed by atoms with Crippen LogP contribution in [0.15, 0.2) is 12.2 Å². The van der Waals surface area contributed by atoms with Crippen LogP contribution in [0, 0.1) is 23.7 Å². The van der Waals surface area contributed by atoms with Gasteiger partial charge in [0.2, 0.25) is 0 Å². The highest BCUT2D eigenvalue weighted by Gasteiger charge is 2.40. The Kier molecular flexibility index (Phi) is 2.76. The fraction of sp³-hybridized carbons (Fsp3) is 0.769. The van der Waals surface area contributed by atoms with Crippen molar-refractivity contribution >= 4 is 5.78 Å². The molecular weight excluding hydrogens is 172 g/mol. The van der Waals surface area contributed by atoms with Gasteiger partial charge in [-0.3, -0.25) is 0 Å². The van der Waals surface area contributed by atoms with E-state index in [0.29, 0.717) is 5.78 Å². The van der Waals surface area contributed by atoms with E-state index in [-0.39, 0.29) is 0 Å². The molecule has 0 aliphatic heterocycles. The molecule has 0 spiro atoms. The number of carbonyl (C=O) groups is 1. The maximum atomic E-state index is 10.8. The molecule has 1 nitrogen and oxygen atoms in total. The molecule has 0 radical (unpaired) electrons. The summed E-state index contributed by atoms with van der Waals surface area (Å²) in [7, 11) is 0. The molecule has 2 bridgehead atoms. The molecular formula is C13H20O. The van der Waals surface area contributed by atoms with Crippen molar-refractivity contribution in [3.05, 3.63) is 12.2 Å². The van der Waals surface area contributed by atoms with E-state index in [2.05, 4.69) is 19.1 Å². The van der Waals surface area contributed by atoms with E-state index in [1.807, 2.05) is 0 Å². The molecule has 0 aromatic heterocycles. The van der Waals surface area contributed by atoms with E-state index in [9.17, 15) is 4.79 Å². The second-order valence-electron chi connectivity index (χ2n) is 5.07. The zero-order chi connectivity index (χ0) is 10.1. The molecule has 2 rings (SSSR count). The summed E-state index contributed by atoms with van der Waals surface area (Å²) >= 11 is 0. The van der Waals surface area contributed by atoms with Crippen LogP contribution in [0.5, 0.6) is 0 Å². The van der Waals surface area contributed by atoms with Gasteiger partial charge in [-0.25, -0.2) is 0 Å².